The van der Waals surface area contributed by atoms with E-state index in [4.69, 9.17) is 14.2 Å². The second kappa shape index (κ2) is 8.73. The standard InChI is InChI=1S/C21H23N3O6/c1-21(2,3)30-20(27)22-11-18(25)23-14-5-7-15(8-6-14)24-19(26)13-4-9-16-17(10-13)29-12-28-16/h4-10H,11-12H2,1-3H3,(H,22,27)(H,23,25)(H,24,26). The molecule has 0 spiro atoms. The van der Waals surface area contributed by atoms with Gasteiger partial charge in [-0.2, -0.15) is 0 Å². The number of hydrogen-bond acceptors (Lipinski definition) is 6. The van der Waals surface area contributed by atoms with Gasteiger partial charge in [0.15, 0.2) is 11.5 Å². The summed E-state index contributed by atoms with van der Waals surface area (Å²) in [5, 5.41) is 7.80. The lowest BCUT2D eigenvalue weighted by Crippen LogP contribution is -2.37. The summed E-state index contributed by atoms with van der Waals surface area (Å²) < 4.78 is 15.6. The van der Waals surface area contributed by atoms with Crippen LogP contribution < -0.4 is 25.4 Å². The largest absolute Gasteiger partial charge is 0.454 e. The number of hydrogen-bond donors (Lipinski definition) is 3. The Bertz CT molecular complexity index is 950. The number of ether oxygens (including phenoxy) is 3. The molecule has 0 fully saturated rings. The van der Waals surface area contributed by atoms with Crippen LogP contribution in [-0.4, -0.2) is 36.8 Å². The Morgan fingerprint density at radius 2 is 1.57 bits per heavy atom. The van der Waals surface area contributed by atoms with E-state index in [2.05, 4.69) is 16.0 Å². The molecule has 0 aliphatic carbocycles. The van der Waals surface area contributed by atoms with Gasteiger partial charge in [0, 0.05) is 16.9 Å². The molecule has 0 unspecified atom stereocenters. The molecule has 0 bridgehead atoms. The number of benzene rings is 2. The SMILES string of the molecule is CC(C)(C)OC(=O)NCC(=O)Nc1ccc(NC(=O)c2ccc3c(c2)OCO3)cc1. The Kier molecular flexibility index (Phi) is 6.10. The summed E-state index contributed by atoms with van der Waals surface area (Å²) in [4.78, 5) is 35.9. The van der Waals surface area contributed by atoms with Crippen LogP contribution >= 0.6 is 0 Å². The Labute approximate surface area is 173 Å². The number of fused-ring (bicyclic) bond motifs is 1. The molecule has 158 valence electrons. The molecule has 0 atom stereocenters. The van der Waals surface area contributed by atoms with Crippen LogP contribution in [-0.2, 0) is 9.53 Å². The van der Waals surface area contributed by atoms with Crippen LogP contribution in [0.1, 0.15) is 31.1 Å². The normalized spacial score (nSPS) is 12.1. The molecule has 30 heavy (non-hydrogen) atoms. The number of carbonyl (C=O) groups is 3. The van der Waals surface area contributed by atoms with Crippen molar-refractivity contribution in [1.29, 1.82) is 0 Å². The van der Waals surface area contributed by atoms with E-state index >= 15 is 0 Å². The summed E-state index contributed by atoms with van der Waals surface area (Å²) in [6.45, 7) is 5.12. The minimum Gasteiger partial charge on any atom is -0.454 e. The fourth-order valence-corrected chi connectivity index (χ4v) is 2.55. The molecule has 3 amide bonds. The highest BCUT2D eigenvalue weighted by Gasteiger charge is 2.17. The van der Waals surface area contributed by atoms with E-state index in [0.717, 1.165) is 0 Å². The Hall–Kier alpha value is -3.75. The molecule has 0 saturated carbocycles. The van der Waals surface area contributed by atoms with Crippen LogP contribution in [0.25, 0.3) is 0 Å². The third-order valence-corrected chi connectivity index (χ3v) is 3.85. The molecule has 1 aliphatic rings. The highest BCUT2D eigenvalue weighted by Crippen LogP contribution is 2.32. The summed E-state index contributed by atoms with van der Waals surface area (Å²) in [6, 6.07) is 11.5. The van der Waals surface area contributed by atoms with Crippen molar-refractivity contribution in [3.8, 4) is 11.5 Å². The van der Waals surface area contributed by atoms with Gasteiger partial charge in [-0.1, -0.05) is 0 Å². The van der Waals surface area contributed by atoms with Crippen molar-refractivity contribution in [3.63, 3.8) is 0 Å². The summed E-state index contributed by atoms with van der Waals surface area (Å²) in [5.41, 5.74) is 0.876. The van der Waals surface area contributed by atoms with E-state index in [1.54, 1.807) is 63.2 Å². The predicted octanol–water partition coefficient (Wildman–Crippen LogP) is 3.13. The first-order valence-electron chi connectivity index (χ1n) is 9.27. The van der Waals surface area contributed by atoms with Crippen molar-refractivity contribution in [1.82, 2.24) is 5.32 Å². The quantitative estimate of drug-likeness (QED) is 0.694. The Morgan fingerprint density at radius 1 is 0.933 bits per heavy atom. The third-order valence-electron chi connectivity index (χ3n) is 3.85. The first kappa shape index (κ1) is 21.0. The summed E-state index contributed by atoms with van der Waals surface area (Å²) >= 11 is 0. The maximum atomic E-state index is 12.4. The van der Waals surface area contributed by atoms with Crippen molar-refractivity contribution in [2.24, 2.45) is 0 Å². The maximum absolute atomic E-state index is 12.4. The average Bonchev–Trinajstić information content (AvgIpc) is 3.14. The summed E-state index contributed by atoms with van der Waals surface area (Å²) in [5.74, 6) is 0.429. The van der Waals surface area contributed by atoms with E-state index in [-0.39, 0.29) is 19.2 Å². The second-order valence-corrected chi connectivity index (χ2v) is 7.50. The molecule has 9 nitrogen and oxygen atoms in total. The summed E-state index contributed by atoms with van der Waals surface area (Å²) in [6.07, 6.45) is -0.667. The van der Waals surface area contributed by atoms with Gasteiger partial charge in [0.1, 0.15) is 12.1 Å². The van der Waals surface area contributed by atoms with Gasteiger partial charge in [-0.15, -0.1) is 0 Å². The van der Waals surface area contributed by atoms with Crippen LogP contribution in [0.4, 0.5) is 16.2 Å². The highest BCUT2D eigenvalue weighted by atomic mass is 16.7. The lowest BCUT2D eigenvalue weighted by Gasteiger charge is -2.19. The number of anilines is 2. The molecule has 0 radical (unpaired) electrons. The maximum Gasteiger partial charge on any atom is 0.408 e. The van der Waals surface area contributed by atoms with Gasteiger partial charge < -0.3 is 30.2 Å². The van der Waals surface area contributed by atoms with Crippen LogP contribution in [0.2, 0.25) is 0 Å². The molecule has 9 heteroatoms. The van der Waals surface area contributed by atoms with Gasteiger partial charge in [0.05, 0.1) is 0 Å². The molecule has 2 aromatic carbocycles. The van der Waals surface area contributed by atoms with Crippen molar-refractivity contribution in [3.05, 3.63) is 48.0 Å². The number of amides is 3. The number of rotatable bonds is 5. The molecule has 3 N–H and O–H groups in total. The predicted molar refractivity (Wildman–Crippen MR) is 110 cm³/mol. The van der Waals surface area contributed by atoms with Gasteiger partial charge in [0.2, 0.25) is 12.7 Å². The minimum absolute atomic E-state index is 0.140. The average molecular weight is 413 g/mol. The topological polar surface area (TPSA) is 115 Å². The monoisotopic (exact) mass is 413 g/mol. The fraction of sp³-hybridized carbons (Fsp3) is 0.286. The van der Waals surface area contributed by atoms with E-state index in [1.165, 1.54) is 0 Å². The Morgan fingerprint density at radius 3 is 2.23 bits per heavy atom. The van der Waals surface area contributed by atoms with E-state index in [0.29, 0.717) is 28.4 Å². The molecular formula is C21H23N3O6. The number of nitrogens with one attached hydrogen (secondary N) is 3. The van der Waals surface area contributed by atoms with Crippen LogP contribution in [0.3, 0.4) is 0 Å². The van der Waals surface area contributed by atoms with Crippen molar-refractivity contribution < 1.29 is 28.6 Å². The third kappa shape index (κ3) is 5.87. The number of alkyl carbamates (subject to hydrolysis) is 1. The first-order valence-corrected chi connectivity index (χ1v) is 9.27. The number of carbonyl (C=O) groups excluding carboxylic acids is 3. The van der Waals surface area contributed by atoms with Crippen molar-refractivity contribution >= 4 is 29.3 Å². The zero-order valence-corrected chi connectivity index (χ0v) is 16.9. The van der Waals surface area contributed by atoms with Gasteiger partial charge in [-0.05, 0) is 63.2 Å². The second-order valence-electron chi connectivity index (χ2n) is 7.50. The van der Waals surface area contributed by atoms with Gasteiger partial charge >= 0.3 is 6.09 Å². The van der Waals surface area contributed by atoms with E-state index in [9.17, 15) is 14.4 Å². The van der Waals surface area contributed by atoms with Crippen LogP contribution in [0.15, 0.2) is 42.5 Å². The lowest BCUT2D eigenvalue weighted by atomic mass is 10.2. The van der Waals surface area contributed by atoms with Gasteiger partial charge in [-0.25, -0.2) is 4.79 Å². The molecule has 2 aromatic rings. The Balaban J connectivity index is 1.49. The molecule has 0 aromatic heterocycles. The molecule has 1 heterocycles. The highest BCUT2D eigenvalue weighted by molar-refractivity contribution is 6.05. The molecule has 0 saturated heterocycles. The smallest absolute Gasteiger partial charge is 0.408 e. The lowest BCUT2D eigenvalue weighted by molar-refractivity contribution is -0.115. The van der Waals surface area contributed by atoms with E-state index in [1.807, 2.05) is 0 Å². The first-order chi connectivity index (χ1) is 14.2. The van der Waals surface area contributed by atoms with E-state index < -0.39 is 17.6 Å². The molecule has 3 rings (SSSR count). The minimum atomic E-state index is -0.667. The fourth-order valence-electron chi connectivity index (χ4n) is 2.55. The van der Waals surface area contributed by atoms with Crippen molar-refractivity contribution in [2.75, 3.05) is 24.0 Å². The van der Waals surface area contributed by atoms with Gasteiger partial charge in [-0.3, -0.25) is 9.59 Å². The van der Waals surface area contributed by atoms with Crippen molar-refractivity contribution in [2.45, 2.75) is 26.4 Å². The summed E-state index contributed by atoms with van der Waals surface area (Å²) in [7, 11) is 0. The van der Waals surface area contributed by atoms with Gasteiger partial charge in [0.25, 0.3) is 5.91 Å². The van der Waals surface area contributed by atoms with Crippen LogP contribution in [0, 0.1) is 0 Å². The molecular weight excluding hydrogens is 390 g/mol. The van der Waals surface area contributed by atoms with Crippen LogP contribution in [0.5, 0.6) is 11.5 Å². The zero-order valence-electron chi connectivity index (χ0n) is 16.9. The zero-order chi connectivity index (χ0) is 21.7. The molecule has 1 aliphatic heterocycles.